The van der Waals surface area contributed by atoms with E-state index in [9.17, 15) is 4.79 Å². The second-order valence-electron chi connectivity index (χ2n) is 8.29. The molecule has 1 N–H and O–H groups in total. The van der Waals surface area contributed by atoms with E-state index in [0.29, 0.717) is 11.4 Å². The predicted molar refractivity (Wildman–Crippen MR) is 135 cm³/mol. The Morgan fingerprint density at radius 2 is 1.72 bits per heavy atom. The van der Waals surface area contributed by atoms with E-state index in [-0.39, 0.29) is 24.4 Å². The van der Waals surface area contributed by atoms with Crippen molar-refractivity contribution in [2.24, 2.45) is 0 Å². The number of benzene rings is 1. The van der Waals surface area contributed by atoms with Crippen LogP contribution in [0.25, 0.3) is 0 Å². The van der Waals surface area contributed by atoms with Crippen molar-refractivity contribution in [1.29, 1.82) is 0 Å². The molecule has 0 saturated carbocycles. The zero-order valence-electron chi connectivity index (χ0n) is 19.8. The lowest BCUT2D eigenvalue weighted by molar-refractivity contribution is 0.0828. The van der Waals surface area contributed by atoms with Gasteiger partial charge in [0, 0.05) is 53.0 Å². The molecule has 2 aromatic rings. The first-order chi connectivity index (χ1) is 14.9. The number of halogens is 1. The van der Waals surface area contributed by atoms with Gasteiger partial charge in [0.15, 0.2) is 0 Å². The highest BCUT2D eigenvalue weighted by Gasteiger charge is 2.26. The van der Waals surface area contributed by atoms with Crippen molar-refractivity contribution in [2.45, 2.75) is 33.3 Å². The average molecular weight is 462 g/mol. The van der Waals surface area contributed by atoms with E-state index in [2.05, 4.69) is 39.2 Å². The molecular weight excluding hydrogens is 426 g/mol. The lowest BCUT2D eigenvalue weighted by Crippen LogP contribution is -2.47. The molecule has 176 valence electrons. The van der Waals surface area contributed by atoms with E-state index in [0.717, 1.165) is 56.3 Å². The van der Waals surface area contributed by atoms with Gasteiger partial charge < -0.3 is 24.8 Å². The number of rotatable bonds is 8. The average Bonchev–Trinajstić information content (AvgIpc) is 2.77. The number of hydrogen-bond acceptors (Lipinski definition) is 6. The lowest BCUT2D eigenvalue weighted by atomic mass is 10.1. The Morgan fingerprint density at radius 3 is 2.31 bits per heavy atom. The maximum absolute atomic E-state index is 13.0. The molecule has 32 heavy (non-hydrogen) atoms. The number of amides is 1. The van der Waals surface area contributed by atoms with Crippen molar-refractivity contribution in [2.75, 3.05) is 61.9 Å². The van der Waals surface area contributed by atoms with Crippen molar-refractivity contribution < 1.29 is 9.53 Å². The van der Waals surface area contributed by atoms with E-state index in [4.69, 9.17) is 4.74 Å². The van der Waals surface area contributed by atoms with E-state index in [1.54, 1.807) is 25.2 Å². The van der Waals surface area contributed by atoms with E-state index in [1.807, 2.05) is 32.0 Å². The highest BCUT2D eigenvalue weighted by atomic mass is 35.5. The van der Waals surface area contributed by atoms with Gasteiger partial charge in [-0.2, -0.15) is 0 Å². The number of pyridine rings is 1. The van der Waals surface area contributed by atoms with Crippen molar-refractivity contribution in [3.8, 4) is 5.75 Å². The third kappa shape index (κ3) is 5.97. The van der Waals surface area contributed by atoms with Crippen LogP contribution in [0.5, 0.6) is 5.75 Å². The van der Waals surface area contributed by atoms with Crippen LogP contribution < -0.4 is 19.9 Å². The van der Waals surface area contributed by atoms with Gasteiger partial charge in [-0.05, 0) is 38.5 Å². The smallest absolute Gasteiger partial charge is 0.259 e. The van der Waals surface area contributed by atoms with Gasteiger partial charge in [0.2, 0.25) is 0 Å². The maximum Gasteiger partial charge on any atom is 0.259 e. The zero-order valence-corrected chi connectivity index (χ0v) is 20.6. The fourth-order valence-electron chi connectivity index (χ4n) is 3.79. The monoisotopic (exact) mass is 461 g/mol. The van der Waals surface area contributed by atoms with Crippen LogP contribution in [0.3, 0.4) is 0 Å². The number of carbonyl (C=O) groups is 1. The molecule has 1 aliphatic heterocycles. The summed E-state index contributed by atoms with van der Waals surface area (Å²) in [5.74, 6) is 1.56. The molecule has 0 atom stereocenters. The molecule has 0 spiro atoms. The highest BCUT2D eigenvalue weighted by molar-refractivity contribution is 6.04. The number of carbonyl (C=O) groups excluding carboxylic acids is 1. The Labute approximate surface area is 198 Å². The second-order valence-corrected chi connectivity index (χ2v) is 8.29. The minimum absolute atomic E-state index is 0. The SMILES string of the molecule is CCCNc1nccc(N2CCN(c3ccccc3OC(C)C)CC2)c1C(=O)N(C)C.Cl. The summed E-state index contributed by atoms with van der Waals surface area (Å²) in [5, 5.41) is 3.33. The van der Waals surface area contributed by atoms with Crippen LogP contribution in [0.2, 0.25) is 0 Å². The van der Waals surface area contributed by atoms with Crippen LogP contribution in [0, 0.1) is 0 Å². The van der Waals surface area contributed by atoms with Gasteiger partial charge in [-0.1, -0.05) is 19.1 Å². The highest BCUT2D eigenvalue weighted by Crippen LogP contribution is 2.32. The first kappa shape index (κ1) is 25.6. The molecule has 1 aromatic heterocycles. The zero-order chi connectivity index (χ0) is 22.4. The summed E-state index contributed by atoms with van der Waals surface area (Å²) in [6.07, 6.45) is 2.89. The van der Waals surface area contributed by atoms with Gasteiger partial charge in [0.25, 0.3) is 5.91 Å². The fraction of sp³-hybridized carbons (Fsp3) is 0.500. The van der Waals surface area contributed by atoms with Gasteiger partial charge in [-0.15, -0.1) is 12.4 Å². The molecule has 0 radical (unpaired) electrons. The van der Waals surface area contributed by atoms with E-state index < -0.39 is 0 Å². The van der Waals surface area contributed by atoms with Gasteiger partial charge >= 0.3 is 0 Å². The summed E-state index contributed by atoms with van der Waals surface area (Å²) < 4.78 is 6.02. The molecule has 1 aliphatic rings. The number of nitrogens with zero attached hydrogens (tertiary/aromatic N) is 4. The predicted octanol–water partition coefficient (Wildman–Crippen LogP) is 4.14. The van der Waals surface area contributed by atoms with E-state index >= 15 is 0 Å². The first-order valence-electron chi connectivity index (χ1n) is 11.1. The summed E-state index contributed by atoms with van der Waals surface area (Å²) in [6, 6.07) is 10.2. The Morgan fingerprint density at radius 1 is 1.09 bits per heavy atom. The Bertz CT molecular complexity index is 882. The summed E-state index contributed by atoms with van der Waals surface area (Å²) >= 11 is 0. The number of nitrogens with one attached hydrogen (secondary N) is 1. The van der Waals surface area contributed by atoms with Gasteiger partial charge in [0.1, 0.15) is 17.1 Å². The van der Waals surface area contributed by atoms with E-state index in [1.165, 1.54) is 0 Å². The minimum atomic E-state index is -0.0280. The van der Waals surface area contributed by atoms with Gasteiger partial charge in [-0.25, -0.2) is 4.98 Å². The molecule has 1 amide bonds. The van der Waals surface area contributed by atoms with Crippen molar-refractivity contribution >= 4 is 35.5 Å². The van der Waals surface area contributed by atoms with Crippen LogP contribution in [-0.4, -0.2) is 68.7 Å². The molecule has 0 bridgehead atoms. The third-order valence-electron chi connectivity index (χ3n) is 5.28. The summed E-state index contributed by atoms with van der Waals surface area (Å²) in [5.41, 5.74) is 2.72. The topological polar surface area (TPSA) is 60.9 Å². The van der Waals surface area contributed by atoms with Gasteiger partial charge in [0.05, 0.1) is 17.5 Å². The van der Waals surface area contributed by atoms with Crippen molar-refractivity contribution in [1.82, 2.24) is 9.88 Å². The quantitative estimate of drug-likeness (QED) is 0.637. The summed E-state index contributed by atoms with van der Waals surface area (Å²) in [6.45, 7) is 10.3. The summed E-state index contributed by atoms with van der Waals surface area (Å²) in [4.78, 5) is 23.8. The largest absolute Gasteiger partial charge is 0.489 e. The lowest BCUT2D eigenvalue weighted by Gasteiger charge is -2.39. The molecule has 2 heterocycles. The van der Waals surface area contributed by atoms with Crippen LogP contribution in [0.1, 0.15) is 37.6 Å². The molecule has 0 unspecified atom stereocenters. The van der Waals surface area contributed by atoms with Crippen LogP contribution in [0.15, 0.2) is 36.5 Å². The number of hydrogen-bond donors (Lipinski definition) is 1. The fourth-order valence-corrected chi connectivity index (χ4v) is 3.79. The molecule has 1 aromatic carbocycles. The van der Waals surface area contributed by atoms with Crippen LogP contribution in [0.4, 0.5) is 17.2 Å². The Balaban J connectivity index is 0.00000363. The van der Waals surface area contributed by atoms with Crippen molar-refractivity contribution in [3.63, 3.8) is 0 Å². The first-order valence-corrected chi connectivity index (χ1v) is 11.1. The summed E-state index contributed by atoms with van der Waals surface area (Å²) in [7, 11) is 3.57. The molecule has 1 saturated heterocycles. The molecule has 8 heteroatoms. The molecule has 3 rings (SSSR count). The molecule has 1 fully saturated rings. The Hall–Kier alpha value is -2.67. The second kappa shape index (κ2) is 11.8. The maximum atomic E-state index is 13.0. The third-order valence-corrected chi connectivity index (χ3v) is 5.28. The standard InChI is InChI=1S/C24H35N5O2.ClH/c1-6-12-25-23-22(24(30)27(4)5)20(11-13-26-23)29-16-14-28(15-17-29)19-9-7-8-10-21(19)31-18(2)3;/h7-11,13,18H,6,12,14-17H2,1-5H3,(H,25,26);1H. The number of para-hydroxylation sites is 2. The Kier molecular flexibility index (Phi) is 9.44. The number of piperazine rings is 1. The number of anilines is 3. The van der Waals surface area contributed by atoms with Crippen molar-refractivity contribution in [3.05, 3.63) is 42.1 Å². The van der Waals surface area contributed by atoms with Crippen LogP contribution >= 0.6 is 12.4 Å². The molecule has 7 nitrogen and oxygen atoms in total. The normalized spacial score (nSPS) is 13.6. The van der Waals surface area contributed by atoms with Gasteiger partial charge in [-0.3, -0.25) is 4.79 Å². The number of ether oxygens (including phenoxy) is 1. The minimum Gasteiger partial charge on any atom is -0.489 e. The number of aromatic nitrogens is 1. The molecule has 0 aliphatic carbocycles. The molecular formula is C24H36ClN5O2. The van der Waals surface area contributed by atoms with Crippen LogP contribution in [-0.2, 0) is 0 Å².